The number of carbonyl (C=O) groups is 1. The molecule has 0 unspecified atom stereocenters. The van der Waals surface area contributed by atoms with Crippen LogP contribution < -0.4 is 15.4 Å². The smallest absolute Gasteiger partial charge is 0.324 e. The molecular formula is C22H23N5O3. The van der Waals surface area contributed by atoms with E-state index in [0.29, 0.717) is 28.8 Å². The predicted molar refractivity (Wildman–Crippen MR) is 114 cm³/mol. The number of imidazole rings is 1. The van der Waals surface area contributed by atoms with Crippen molar-refractivity contribution in [3.05, 3.63) is 66.3 Å². The Bertz CT molecular complexity index is 1200. The number of amides is 2. The molecule has 3 aromatic heterocycles. The molecule has 2 N–H and O–H groups in total. The minimum atomic E-state index is -0.401. The molecule has 3 heterocycles. The zero-order chi connectivity index (χ0) is 21.3. The fraction of sp³-hybridized carbons (Fsp3) is 0.227. The van der Waals surface area contributed by atoms with Crippen molar-refractivity contribution in [2.45, 2.75) is 33.1 Å². The van der Waals surface area contributed by atoms with Gasteiger partial charge in [-0.2, -0.15) is 0 Å². The number of pyridine rings is 1. The minimum Gasteiger partial charge on any atom is -0.457 e. The maximum Gasteiger partial charge on any atom is 0.324 e. The summed E-state index contributed by atoms with van der Waals surface area (Å²) in [5.74, 6) is 2.45. The van der Waals surface area contributed by atoms with Crippen LogP contribution in [0.15, 0.2) is 59.5 Å². The summed E-state index contributed by atoms with van der Waals surface area (Å²) >= 11 is 0. The summed E-state index contributed by atoms with van der Waals surface area (Å²) < 4.78 is 13.2. The van der Waals surface area contributed by atoms with Gasteiger partial charge in [0.05, 0.1) is 0 Å². The van der Waals surface area contributed by atoms with E-state index in [9.17, 15) is 4.79 Å². The molecule has 1 aromatic carbocycles. The third-order valence-corrected chi connectivity index (χ3v) is 4.52. The van der Waals surface area contributed by atoms with Crippen molar-refractivity contribution >= 4 is 23.2 Å². The van der Waals surface area contributed by atoms with E-state index in [4.69, 9.17) is 9.26 Å². The minimum absolute atomic E-state index is 0.182. The zero-order valence-corrected chi connectivity index (χ0v) is 17.3. The first kappa shape index (κ1) is 19.5. The van der Waals surface area contributed by atoms with E-state index in [1.54, 1.807) is 18.3 Å². The van der Waals surface area contributed by atoms with Gasteiger partial charge in [0.2, 0.25) is 0 Å². The van der Waals surface area contributed by atoms with Crippen molar-refractivity contribution in [3.8, 4) is 11.5 Å². The number of fused-ring (bicyclic) bond motifs is 1. The van der Waals surface area contributed by atoms with Crippen LogP contribution >= 0.6 is 0 Å². The summed E-state index contributed by atoms with van der Waals surface area (Å²) in [6.07, 6.45) is 5.50. The van der Waals surface area contributed by atoms with Gasteiger partial charge in [-0.3, -0.25) is 5.32 Å². The molecular weight excluding hydrogens is 382 g/mol. The van der Waals surface area contributed by atoms with Crippen LogP contribution in [0.3, 0.4) is 0 Å². The lowest BCUT2D eigenvalue weighted by Gasteiger charge is -2.12. The third-order valence-electron chi connectivity index (χ3n) is 4.52. The van der Waals surface area contributed by atoms with Gasteiger partial charge >= 0.3 is 6.03 Å². The lowest BCUT2D eigenvalue weighted by Crippen LogP contribution is -2.19. The Morgan fingerprint density at radius 1 is 1.10 bits per heavy atom. The molecule has 4 aromatic rings. The molecule has 8 nitrogen and oxygen atoms in total. The Morgan fingerprint density at radius 3 is 2.67 bits per heavy atom. The number of rotatable bonds is 4. The third kappa shape index (κ3) is 4.27. The molecule has 0 aliphatic rings. The van der Waals surface area contributed by atoms with Gasteiger partial charge in [-0.15, -0.1) is 0 Å². The van der Waals surface area contributed by atoms with E-state index in [1.165, 1.54) is 0 Å². The van der Waals surface area contributed by atoms with E-state index < -0.39 is 6.03 Å². The van der Waals surface area contributed by atoms with Gasteiger partial charge in [-0.1, -0.05) is 25.9 Å². The van der Waals surface area contributed by atoms with Crippen molar-refractivity contribution in [2.24, 2.45) is 0 Å². The van der Waals surface area contributed by atoms with E-state index in [0.717, 1.165) is 11.2 Å². The normalized spacial score (nSPS) is 11.5. The molecule has 0 fully saturated rings. The number of aryl methyl sites for hydroxylation is 1. The number of hydrogen-bond donors (Lipinski definition) is 2. The van der Waals surface area contributed by atoms with Gasteiger partial charge in [0, 0.05) is 41.8 Å². The zero-order valence-electron chi connectivity index (χ0n) is 17.3. The molecule has 0 aliphatic carbocycles. The van der Waals surface area contributed by atoms with Crippen LogP contribution in [-0.4, -0.2) is 20.6 Å². The van der Waals surface area contributed by atoms with Gasteiger partial charge in [0.1, 0.15) is 22.9 Å². The summed E-state index contributed by atoms with van der Waals surface area (Å²) in [4.78, 5) is 16.5. The van der Waals surface area contributed by atoms with Crippen LogP contribution in [0.1, 0.15) is 32.1 Å². The predicted octanol–water partition coefficient (Wildman–Crippen LogP) is 5.36. The second-order valence-electron chi connectivity index (χ2n) is 8.04. The van der Waals surface area contributed by atoms with Crippen LogP contribution in [0.25, 0.3) is 5.65 Å². The Balaban J connectivity index is 1.41. The second kappa shape index (κ2) is 7.55. The van der Waals surface area contributed by atoms with Crippen LogP contribution in [0, 0.1) is 6.92 Å². The summed E-state index contributed by atoms with van der Waals surface area (Å²) in [6, 6.07) is 10.5. The van der Waals surface area contributed by atoms with Crippen LogP contribution in [-0.2, 0) is 5.41 Å². The highest BCUT2D eigenvalue weighted by molar-refractivity contribution is 5.99. The van der Waals surface area contributed by atoms with E-state index in [-0.39, 0.29) is 5.41 Å². The Morgan fingerprint density at radius 2 is 1.93 bits per heavy atom. The number of nitrogens with zero attached hydrogens (tertiary/aromatic N) is 3. The van der Waals surface area contributed by atoms with E-state index in [2.05, 4.69) is 20.8 Å². The number of urea groups is 1. The maximum atomic E-state index is 12.3. The topological polar surface area (TPSA) is 93.7 Å². The van der Waals surface area contributed by atoms with Gasteiger partial charge in [-0.05, 0) is 36.8 Å². The number of nitrogens with one attached hydrogen (secondary N) is 2. The highest BCUT2D eigenvalue weighted by Crippen LogP contribution is 2.28. The molecule has 0 saturated carbocycles. The van der Waals surface area contributed by atoms with Gasteiger partial charge in [0.25, 0.3) is 0 Å². The Kier molecular flexibility index (Phi) is 4.91. The van der Waals surface area contributed by atoms with Gasteiger partial charge in [-0.25, -0.2) is 9.78 Å². The quantitative estimate of drug-likeness (QED) is 0.476. The van der Waals surface area contributed by atoms with E-state index in [1.807, 2.05) is 68.8 Å². The summed E-state index contributed by atoms with van der Waals surface area (Å²) in [5.41, 5.74) is 2.15. The average molecular weight is 405 g/mol. The highest BCUT2D eigenvalue weighted by Gasteiger charge is 2.20. The number of anilines is 2. The lowest BCUT2D eigenvalue weighted by atomic mass is 9.93. The molecule has 8 heteroatoms. The molecule has 0 radical (unpaired) electrons. The van der Waals surface area contributed by atoms with Crippen molar-refractivity contribution in [3.63, 3.8) is 0 Å². The van der Waals surface area contributed by atoms with Crippen molar-refractivity contribution in [1.29, 1.82) is 0 Å². The van der Waals surface area contributed by atoms with Gasteiger partial charge < -0.3 is 19.0 Å². The van der Waals surface area contributed by atoms with Crippen molar-refractivity contribution in [1.82, 2.24) is 14.5 Å². The fourth-order valence-electron chi connectivity index (χ4n) is 2.89. The van der Waals surface area contributed by atoms with Crippen LogP contribution in [0.4, 0.5) is 16.3 Å². The molecule has 154 valence electrons. The monoisotopic (exact) mass is 405 g/mol. The van der Waals surface area contributed by atoms with Crippen LogP contribution in [0.2, 0.25) is 0 Å². The highest BCUT2D eigenvalue weighted by atomic mass is 16.5. The summed E-state index contributed by atoms with van der Waals surface area (Å²) in [7, 11) is 0. The average Bonchev–Trinajstić information content (AvgIpc) is 3.32. The number of carbonyl (C=O) groups excluding carboxylic acids is 1. The van der Waals surface area contributed by atoms with Crippen LogP contribution in [0.5, 0.6) is 11.5 Å². The van der Waals surface area contributed by atoms with Crippen molar-refractivity contribution < 1.29 is 14.1 Å². The molecule has 30 heavy (non-hydrogen) atoms. The standard InChI is InChI=1S/C22H23N5O3/c1-14-11-15(24-21(28)25-19-13-18(30-26-19)22(2,3)4)5-6-17(14)29-16-7-9-27-10-8-23-20(27)12-16/h5-13H,1-4H3,(H2,24,25,26,28). The largest absolute Gasteiger partial charge is 0.457 e. The number of hydrogen-bond acceptors (Lipinski definition) is 5. The SMILES string of the molecule is Cc1cc(NC(=O)Nc2cc(C(C)(C)C)on2)ccc1Oc1ccn2ccnc2c1. The summed E-state index contributed by atoms with van der Waals surface area (Å²) in [6.45, 7) is 7.95. The molecule has 0 aliphatic heterocycles. The summed E-state index contributed by atoms with van der Waals surface area (Å²) in [5, 5.41) is 9.35. The van der Waals surface area contributed by atoms with E-state index >= 15 is 0 Å². The number of ether oxygens (including phenoxy) is 1. The molecule has 0 bridgehead atoms. The number of aromatic nitrogens is 3. The first-order chi connectivity index (χ1) is 14.3. The molecule has 0 atom stereocenters. The molecule has 4 rings (SSSR count). The molecule has 2 amide bonds. The molecule has 0 spiro atoms. The second-order valence-corrected chi connectivity index (χ2v) is 8.04. The van der Waals surface area contributed by atoms with Crippen molar-refractivity contribution in [2.75, 3.05) is 10.6 Å². The maximum absolute atomic E-state index is 12.3. The lowest BCUT2D eigenvalue weighted by molar-refractivity contribution is 0.262. The Hall–Kier alpha value is -3.81. The van der Waals surface area contributed by atoms with Gasteiger partial charge in [0.15, 0.2) is 5.82 Å². The first-order valence-electron chi connectivity index (χ1n) is 9.54. The number of benzene rings is 1. The Labute approximate surface area is 173 Å². The molecule has 0 saturated heterocycles. The first-order valence-corrected chi connectivity index (χ1v) is 9.54. The fourth-order valence-corrected chi connectivity index (χ4v) is 2.89.